The largest absolute Gasteiger partial charge is 0.496 e. The predicted molar refractivity (Wildman–Crippen MR) is 92.5 cm³/mol. The molecule has 0 bridgehead atoms. The number of fused-ring (bicyclic) bond motifs is 1. The van der Waals surface area contributed by atoms with E-state index < -0.39 is 11.2 Å². The maximum absolute atomic E-state index is 12.7. The molecule has 2 aromatic heterocycles. The van der Waals surface area contributed by atoms with Crippen molar-refractivity contribution in [1.82, 2.24) is 18.7 Å². The average molecular weight is 363 g/mol. The fourth-order valence-electron chi connectivity index (χ4n) is 2.67. The second kappa shape index (κ2) is 6.21. The minimum atomic E-state index is -0.565. The highest BCUT2D eigenvalue weighted by molar-refractivity contribution is 6.29. The van der Waals surface area contributed by atoms with E-state index in [0.717, 1.165) is 4.57 Å². The molecule has 3 rings (SSSR count). The van der Waals surface area contributed by atoms with Gasteiger partial charge in [0.25, 0.3) is 5.56 Å². The normalized spacial score (nSPS) is 11.0. The van der Waals surface area contributed by atoms with E-state index in [-0.39, 0.29) is 28.8 Å². The van der Waals surface area contributed by atoms with Gasteiger partial charge < -0.3 is 9.30 Å². The first-order chi connectivity index (χ1) is 11.9. The summed E-state index contributed by atoms with van der Waals surface area (Å²) in [6.45, 7) is -0.205. The van der Waals surface area contributed by atoms with Gasteiger partial charge >= 0.3 is 5.69 Å². The SMILES string of the molecule is COc1ccccc1C(=O)Cn1c(Cl)nc2c1c(=O)n(C)c(=O)n2C. The number of hydrogen-bond acceptors (Lipinski definition) is 5. The van der Waals surface area contributed by atoms with Crippen LogP contribution in [0.1, 0.15) is 10.4 Å². The molecular weight excluding hydrogens is 348 g/mol. The first-order valence-electron chi connectivity index (χ1n) is 7.34. The number of aryl methyl sites for hydroxylation is 1. The lowest BCUT2D eigenvalue weighted by atomic mass is 10.1. The highest BCUT2D eigenvalue weighted by atomic mass is 35.5. The van der Waals surface area contributed by atoms with E-state index in [1.807, 2.05) is 0 Å². The van der Waals surface area contributed by atoms with Crippen LogP contribution in [0, 0.1) is 0 Å². The van der Waals surface area contributed by atoms with Crippen molar-refractivity contribution in [2.24, 2.45) is 14.1 Å². The molecule has 1 aromatic carbocycles. The predicted octanol–water partition coefficient (Wildman–Crippen LogP) is 0.979. The zero-order valence-corrected chi connectivity index (χ0v) is 14.6. The standard InChI is InChI=1S/C16H15ClN4O4/c1-19-13-12(14(23)20(2)16(19)24)21(15(17)18-13)8-10(22)9-6-4-5-7-11(9)25-3/h4-7H,8H2,1-3H3. The Kier molecular flexibility index (Phi) is 4.22. The molecule has 0 atom stereocenters. The van der Waals surface area contributed by atoms with Crippen LogP contribution in [-0.4, -0.2) is 31.6 Å². The number of rotatable bonds is 4. The minimum Gasteiger partial charge on any atom is -0.496 e. The number of imidazole rings is 1. The van der Waals surface area contributed by atoms with Crippen molar-refractivity contribution >= 4 is 28.5 Å². The van der Waals surface area contributed by atoms with E-state index >= 15 is 0 Å². The number of carbonyl (C=O) groups is 1. The third kappa shape index (κ3) is 2.64. The maximum Gasteiger partial charge on any atom is 0.332 e. The summed E-state index contributed by atoms with van der Waals surface area (Å²) in [5, 5.41) is -0.0449. The smallest absolute Gasteiger partial charge is 0.332 e. The quantitative estimate of drug-likeness (QED) is 0.510. The fraction of sp³-hybridized carbons (Fsp3) is 0.250. The molecule has 0 fully saturated rings. The van der Waals surface area contributed by atoms with Crippen LogP contribution in [0.15, 0.2) is 33.9 Å². The van der Waals surface area contributed by atoms with Crippen molar-refractivity contribution in [3.8, 4) is 5.75 Å². The van der Waals surface area contributed by atoms with Crippen LogP contribution in [-0.2, 0) is 20.6 Å². The van der Waals surface area contributed by atoms with Crippen molar-refractivity contribution in [3.05, 3.63) is 56.0 Å². The molecule has 0 amide bonds. The molecule has 25 heavy (non-hydrogen) atoms. The molecule has 0 aliphatic rings. The van der Waals surface area contributed by atoms with Gasteiger partial charge in [-0.25, -0.2) is 4.79 Å². The van der Waals surface area contributed by atoms with Crippen LogP contribution in [0.4, 0.5) is 0 Å². The van der Waals surface area contributed by atoms with Gasteiger partial charge in [0.1, 0.15) is 5.75 Å². The van der Waals surface area contributed by atoms with Crippen molar-refractivity contribution in [2.75, 3.05) is 7.11 Å². The molecule has 0 spiro atoms. The number of nitrogens with zero attached hydrogens (tertiary/aromatic N) is 4. The lowest BCUT2D eigenvalue weighted by Gasteiger charge is -2.09. The van der Waals surface area contributed by atoms with Gasteiger partial charge in [-0.1, -0.05) is 12.1 Å². The topological polar surface area (TPSA) is 88.1 Å². The van der Waals surface area contributed by atoms with Crippen molar-refractivity contribution in [3.63, 3.8) is 0 Å². The maximum atomic E-state index is 12.7. The Morgan fingerprint density at radius 3 is 2.56 bits per heavy atom. The lowest BCUT2D eigenvalue weighted by Crippen LogP contribution is -2.37. The summed E-state index contributed by atoms with van der Waals surface area (Å²) < 4.78 is 8.65. The Morgan fingerprint density at radius 2 is 1.88 bits per heavy atom. The number of hydrogen-bond donors (Lipinski definition) is 0. The number of benzene rings is 1. The van der Waals surface area contributed by atoms with Crippen LogP contribution in [0.5, 0.6) is 5.75 Å². The summed E-state index contributed by atoms with van der Waals surface area (Å²) in [6.07, 6.45) is 0. The molecule has 0 radical (unpaired) electrons. The highest BCUT2D eigenvalue weighted by Gasteiger charge is 2.21. The molecule has 0 saturated heterocycles. The van der Waals surface area contributed by atoms with Gasteiger partial charge in [-0.3, -0.25) is 18.7 Å². The second-order valence-corrected chi connectivity index (χ2v) is 5.81. The van der Waals surface area contributed by atoms with Gasteiger partial charge in [0.2, 0.25) is 5.28 Å². The zero-order chi connectivity index (χ0) is 18.3. The molecular formula is C16H15ClN4O4. The number of carbonyl (C=O) groups excluding carboxylic acids is 1. The number of ether oxygens (including phenoxy) is 1. The monoisotopic (exact) mass is 362 g/mol. The Labute approximate surface area is 146 Å². The summed E-state index contributed by atoms with van der Waals surface area (Å²) >= 11 is 6.13. The summed E-state index contributed by atoms with van der Waals surface area (Å²) in [5.41, 5.74) is -0.492. The van der Waals surface area contributed by atoms with Crippen LogP contribution in [0.25, 0.3) is 11.2 Å². The Bertz CT molecular complexity index is 1110. The molecule has 0 unspecified atom stereocenters. The van der Waals surface area contributed by atoms with Crippen molar-refractivity contribution < 1.29 is 9.53 Å². The van der Waals surface area contributed by atoms with E-state index in [9.17, 15) is 14.4 Å². The fourth-order valence-corrected chi connectivity index (χ4v) is 2.89. The number of halogens is 1. The molecule has 0 N–H and O–H groups in total. The average Bonchev–Trinajstić information content (AvgIpc) is 2.94. The lowest BCUT2D eigenvalue weighted by molar-refractivity contribution is 0.0970. The number of methoxy groups -OCH3 is 1. The zero-order valence-electron chi connectivity index (χ0n) is 13.8. The van der Waals surface area contributed by atoms with Gasteiger partial charge in [-0.05, 0) is 23.7 Å². The Balaban J connectivity index is 2.17. The second-order valence-electron chi connectivity index (χ2n) is 5.47. The first kappa shape index (κ1) is 17.0. The van der Waals surface area contributed by atoms with Gasteiger partial charge in [0, 0.05) is 14.1 Å². The summed E-state index contributed by atoms with van der Waals surface area (Å²) in [4.78, 5) is 41.2. The molecule has 8 nitrogen and oxygen atoms in total. The van der Waals surface area contributed by atoms with Crippen LogP contribution in [0.2, 0.25) is 5.28 Å². The van der Waals surface area contributed by atoms with Crippen LogP contribution >= 0.6 is 11.6 Å². The summed E-state index contributed by atoms with van der Waals surface area (Å²) in [6, 6.07) is 6.76. The molecule has 0 aliphatic heterocycles. The molecule has 9 heteroatoms. The molecule has 0 aliphatic carbocycles. The van der Waals surface area contributed by atoms with E-state index in [0.29, 0.717) is 11.3 Å². The Hall–Kier alpha value is -2.87. The number of aromatic nitrogens is 4. The highest BCUT2D eigenvalue weighted by Crippen LogP contribution is 2.21. The molecule has 3 aromatic rings. The van der Waals surface area contributed by atoms with Crippen molar-refractivity contribution in [1.29, 1.82) is 0 Å². The van der Waals surface area contributed by atoms with Gasteiger partial charge in [-0.2, -0.15) is 4.98 Å². The minimum absolute atomic E-state index is 0.0449. The van der Waals surface area contributed by atoms with E-state index in [1.165, 1.54) is 30.3 Å². The van der Waals surface area contributed by atoms with E-state index in [4.69, 9.17) is 16.3 Å². The van der Waals surface area contributed by atoms with E-state index in [1.54, 1.807) is 24.3 Å². The number of ketones is 1. The van der Waals surface area contributed by atoms with Gasteiger partial charge in [-0.15, -0.1) is 0 Å². The number of para-hydroxylation sites is 1. The Morgan fingerprint density at radius 1 is 1.20 bits per heavy atom. The molecule has 0 saturated carbocycles. The third-order valence-corrected chi connectivity index (χ3v) is 4.30. The summed E-state index contributed by atoms with van der Waals surface area (Å²) in [5.74, 6) is 0.128. The van der Waals surface area contributed by atoms with Gasteiger partial charge in [0.15, 0.2) is 16.9 Å². The number of Topliss-reactive ketones (excluding diaryl/α,β-unsaturated/α-hetero) is 1. The molecule has 130 valence electrons. The van der Waals surface area contributed by atoms with Gasteiger partial charge in [0.05, 0.1) is 19.2 Å². The molecule has 2 heterocycles. The third-order valence-electron chi connectivity index (χ3n) is 4.01. The van der Waals surface area contributed by atoms with E-state index in [2.05, 4.69) is 4.98 Å². The van der Waals surface area contributed by atoms with Crippen LogP contribution in [0.3, 0.4) is 0 Å². The van der Waals surface area contributed by atoms with Crippen molar-refractivity contribution in [2.45, 2.75) is 6.54 Å². The first-order valence-corrected chi connectivity index (χ1v) is 7.72. The van der Waals surface area contributed by atoms with Crippen LogP contribution < -0.4 is 16.0 Å². The summed E-state index contributed by atoms with van der Waals surface area (Å²) in [7, 11) is 4.31.